The first kappa shape index (κ1) is 11.6. The third kappa shape index (κ3) is 2.10. The third-order valence-electron chi connectivity index (χ3n) is 1.95. The van der Waals surface area contributed by atoms with Crippen molar-refractivity contribution in [2.45, 2.75) is 5.72 Å². The Hall–Kier alpha value is -0.520. The third-order valence-corrected chi connectivity index (χ3v) is 2.89. The maximum absolute atomic E-state index is 10.0. The van der Waals surface area contributed by atoms with E-state index in [4.69, 9.17) is 5.73 Å². The van der Waals surface area contributed by atoms with Crippen LogP contribution >= 0.6 is 28.7 Å². The summed E-state index contributed by atoms with van der Waals surface area (Å²) in [7, 11) is 0. The van der Waals surface area contributed by atoms with Crippen molar-refractivity contribution in [3.63, 3.8) is 0 Å². The summed E-state index contributed by atoms with van der Waals surface area (Å²) in [5.74, 6) is 0.503. The molecule has 1 aromatic carbocycles. The largest absolute Gasteiger partial charge is 0.378 e. The van der Waals surface area contributed by atoms with Crippen LogP contribution in [0, 0.1) is 0 Å². The molecule has 1 unspecified atom stereocenters. The van der Waals surface area contributed by atoms with E-state index in [1.807, 2.05) is 30.3 Å². The van der Waals surface area contributed by atoms with Crippen LogP contribution in [-0.4, -0.2) is 16.0 Å². The highest BCUT2D eigenvalue weighted by Crippen LogP contribution is 2.32. The van der Waals surface area contributed by atoms with Crippen molar-refractivity contribution in [1.29, 1.82) is 0 Å². The van der Waals surface area contributed by atoms with Gasteiger partial charge < -0.3 is 10.8 Å². The van der Waals surface area contributed by atoms with E-state index < -0.39 is 5.72 Å². The number of hydrogen-bond acceptors (Lipinski definition) is 4. The van der Waals surface area contributed by atoms with Gasteiger partial charge in [0.25, 0.3) is 0 Å². The van der Waals surface area contributed by atoms with Crippen LogP contribution in [-0.2, 0) is 5.72 Å². The van der Waals surface area contributed by atoms with Crippen LogP contribution in [0.2, 0.25) is 0 Å². The van der Waals surface area contributed by atoms with Gasteiger partial charge in [0.15, 0.2) is 10.9 Å². The zero-order valence-electron chi connectivity index (χ0n) is 7.38. The standard InChI is InChI=1S/C9H10N2OS.BrH/c10-8-11-9(12,6-13-8)7-4-2-1-3-5-7;/h1-5,12H,6H2,(H2,10,11);1H. The Bertz CT molecular complexity index is 344. The Balaban J connectivity index is 0.000000980. The number of rotatable bonds is 1. The fourth-order valence-electron chi connectivity index (χ4n) is 1.27. The molecule has 0 saturated heterocycles. The molecule has 1 aliphatic heterocycles. The van der Waals surface area contributed by atoms with Crippen LogP contribution in [0.1, 0.15) is 5.56 Å². The first-order valence-electron chi connectivity index (χ1n) is 3.97. The highest BCUT2D eigenvalue weighted by molar-refractivity contribution is 8.93. The zero-order valence-corrected chi connectivity index (χ0v) is 9.91. The number of hydrogen-bond donors (Lipinski definition) is 2. The Morgan fingerprint density at radius 3 is 2.50 bits per heavy atom. The topological polar surface area (TPSA) is 58.6 Å². The van der Waals surface area contributed by atoms with E-state index in [1.165, 1.54) is 11.8 Å². The molecular weight excluding hydrogens is 264 g/mol. The second-order valence-corrected chi connectivity index (χ2v) is 3.92. The molecule has 76 valence electrons. The Kier molecular flexibility index (Phi) is 3.58. The van der Waals surface area contributed by atoms with Crippen molar-refractivity contribution in [2.24, 2.45) is 10.7 Å². The van der Waals surface area contributed by atoms with Gasteiger partial charge in [0.05, 0.1) is 5.75 Å². The van der Waals surface area contributed by atoms with Crippen LogP contribution < -0.4 is 5.73 Å². The van der Waals surface area contributed by atoms with E-state index in [1.54, 1.807) is 0 Å². The van der Waals surface area contributed by atoms with Gasteiger partial charge in [-0.25, -0.2) is 4.99 Å². The molecule has 0 aromatic heterocycles. The summed E-state index contributed by atoms with van der Waals surface area (Å²) in [6, 6.07) is 9.36. The molecule has 14 heavy (non-hydrogen) atoms. The Labute approximate surface area is 97.2 Å². The lowest BCUT2D eigenvalue weighted by Crippen LogP contribution is -2.23. The molecule has 0 radical (unpaired) electrons. The molecule has 2 rings (SSSR count). The normalized spacial score (nSPS) is 25.4. The van der Waals surface area contributed by atoms with E-state index in [0.29, 0.717) is 10.9 Å². The van der Waals surface area contributed by atoms with E-state index >= 15 is 0 Å². The van der Waals surface area contributed by atoms with Gasteiger partial charge in [0.2, 0.25) is 0 Å². The maximum Gasteiger partial charge on any atom is 0.194 e. The summed E-state index contributed by atoms with van der Waals surface area (Å²) in [5, 5.41) is 10.5. The quantitative estimate of drug-likeness (QED) is 0.816. The number of nitrogens with two attached hydrogens (primary N) is 1. The summed E-state index contributed by atoms with van der Waals surface area (Å²) in [6.45, 7) is 0. The van der Waals surface area contributed by atoms with Crippen molar-refractivity contribution in [2.75, 3.05) is 5.75 Å². The van der Waals surface area contributed by atoms with Gasteiger partial charge in [-0.15, -0.1) is 17.0 Å². The van der Waals surface area contributed by atoms with Crippen LogP contribution in [0.3, 0.4) is 0 Å². The summed E-state index contributed by atoms with van der Waals surface area (Å²) in [4.78, 5) is 4.00. The fourth-order valence-corrected chi connectivity index (χ4v) is 2.07. The summed E-state index contributed by atoms with van der Waals surface area (Å²) >= 11 is 1.38. The molecule has 0 spiro atoms. The molecule has 3 N–H and O–H groups in total. The fraction of sp³-hybridized carbons (Fsp3) is 0.222. The molecule has 0 saturated carbocycles. The number of benzene rings is 1. The number of halogens is 1. The second-order valence-electron chi connectivity index (χ2n) is 2.92. The predicted molar refractivity (Wildman–Crippen MR) is 64.7 cm³/mol. The lowest BCUT2D eigenvalue weighted by atomic mass is 10.1. The minimum atomic E-state index is -1.12. The smallest absolute Gasteiger partial charge is 0.194 e. The van der Waals surface area contributed by atoms with E-state index in [2.05, 4.69) is 4.99 Å². The predicted octanol–water partition coefficient (Wildman–Crippen LogP) is 1.47. The minimum Gasteiger partial charge on any atom is -0.378 e. The van der Waals surface area contributed by atoms with Gasteiger partial charge in [-0.05, 0) is 0 Å². The van der Waals surface area contributed by atoms with Crippen molar-refractivity contribution >= 4 is 33.9 Å². The van der Waals surface area contributed by atoms with E-state index in [-0.39, 0.29) is 17.0 Å². The number of amidine groups is 1. The maximum atomic E-state index is 10.0. The first-order chi connectivity index (χ1) is 6.21. The van der Waals surface area contributed by atoms with E-state index in [0.717, 1.165) is 5.56 Å². The molecule has 1 atom stereocenters. The Morgan fingerprint density at radius 1 is 1.36 bits per heavy atom. The monoisotopic (exact) mass is 274 g/mol. The van der Waals surface area contributed by atoms with Crippen LogP contribution in [0.25, 0.3) is 0 Å². The van der Waals surface area contributed by atoms with Crippen LogP contribution in [0.4, 0.5) is 0 Å². The molecule has 0 bridgehead atoms. The summed E-state index contributed by atoms with van der Waals surface area (Å²) < 4.78 is 0. The molecule has 5 heteroatoms. The number of aliphatic imine (C=N–C) groups is 1. The average molecular weight is 275 g/mol. The lowest BCUT2D eigenvalue weighted by Gasteiger charge is -2.17. The second kappa shape index (κ2) is 4.33. The molecule has 1 aromatic rings. The van der Waals surface area contributed by atoms with Gasteiger partial charge in [-0.3, -0.25) is 0 Å². The molecule has 0 aliphatic carbocycles. The minimum absolute atomic E-state index is 0. The molecule has 1 aliphatic rings. The highest BCUT2D eigenvalue weighted by atomic mass is 79.9. The Morgan fingerprint density at radius 2 is 2.00 bits per heavy atom. The number of thioether (sulfide) groups is 1. The van der Waals surface area contributed by atoms with Crippen molar-refractivity contribution < 1.29 is 5.11 Å². The van der Waals surface area contributed by atoms with Gasteiger partial charge in [-0.2, -0.15) is 0 Å². The van der Waals surface area contributed by atoms with Crippen molar-refractivity contribution in [1.82, 2.24) is 0 Å². The summed E-state index contributed by atoms with van der Waals surface area (Å²) in [6.07, 6.45) is 0. The molecule has 3 nitrogen and oxygen atoms in total. The van der Waals surface area contributed by atoms with Crippen LogP contribution in [0.5, 0.6) is 0 Å². The van der Waals surface area contributed by atoms with E-state index in [9.17, 15) is 5.11 Å². The molecule has 0 fully saturated rings. The van der Waals surface area contributed by atoms with Crippen molar-refractivity contribution in [3.05, 3.63) is 35.9 Å². The van der Waals surface area contributed by atoms with Gasteiger partial charge in [0.1, 0.15) is 0 Å². The first-order valence-corrected chi connectivity index (χ1v) is 4.95. The average Bonchev–Trinajstić information content (AvgIpc) is 2.49. The van der Waals surface area contributed by atoms with Crippen molar-refractivity contribution in [3.8, 4) is 0 Å². The highest BCUT2D eigenvalue weighted by Gasteiger charge is 2.33. The molecule has 1 heterocycles. The SMILES string of the molecule is Br.NC1=NC(O)(c2ccccc2)CS1. The van der Waals surface area contributed by atoms with Gasteiger partial charge >= 0.3 is 0 Å². The lowest BCUT2D eigenvalue weighted by molar-refractivity contribution is 0.0758. The molecule has 0 amide bonds. The molecular formula is C9H11BrN2OS. The van der Waals surface area contributed by atoms with Gasteiger partial charge in [0, 0.05) is 5.56 Å². The summed E-state index contributed by atoms with van der Waals surface area (Å²) in [5.41, 5.74) is 5.18. The van der Waals surface area contributed by atoms with Crippen LogP contribution in [0.15, 0.2) is 35.3 Å². The number of nitrogens with zero attached hydrogens (tertiary/aromatic N) is 1. The van der Waals surface area contributed by atoms with Gasteiger partial charge in [-0.1, -0.05) is 42.1 Å². The zero-order chi connectivity index (χ0) is 9.31. The number of aliphatic hydroxyl groups is 1.